The summed E-state index contributed by atoms with van der Waals surface area (Å²) in [6.45, 7) is 1.96. The van der Waals surface area contributed by atoms with Crippen molar-refractivity contribution in [3.05, 3.63) is 51.7 Å². The van der Waals surface area contributed by atoms with E-state index in [9.17, 15) is 9.18 Å². The highest BCUT2D eigenvalue weighted by Crippen LogP contribution is 2.47. The van der Waals surface area contributed by atoms with Crippen molar-refractivity contribution >= 4 is 17.4 Å². The molecule has 2 aromatic rings. The SMILES string of the molecule is Cc1csc([C@@H](NC(=O)NC2(c3ccccc3F)CC2)C2CC2)n1. The number of hydrogen-bond donors (Lipinski definition) is 2. The molecule has 0 bridgehead atoms. The van der Waals surface area contributed by atoms with Crippen LogP contribution in [0.15, 0.2) is 29.6 Å². The molecule has 4 rings (SSSR count). The Morgan fingerprint density at radius 1 is 1.38 bits per heavy atom. The molecule has 1 aromatic heterocycles. The minimum Gasteiger partial charge on any atom is -0.329 e. The number of halogens is 1. The topological polar surface area (TPSA) is 54.0 Å². The molecule has 2 aliphatic rings. The van der Waals surface area contributed by atoms with Crippen LogP contribution >= 0.6 is 11.3 Å². The average Bonchev–Trinajstić information content (AvgIpc) is 3.46. The second kappa shape index (κ2) is 5.84. The highest BCUT2D eigenvalue weighted by atomic mass is 32.1. The Morgan fingerprint density at radius 3 is 2.71 bits per heavy atom. The number of urea groups is 1. The van der Waals surface area contributed by atoms with E-state index < -0.39 is 5.54 Å². The Balaban J connectivity index is 1.47. The number of aryl methyl sites for hydroxylation is 1. The molecule has 2 amide bonds. The minimum absolute atomic E-state index is 0.0416. The molecule has 24 heavy (non-hydrogen) atoms. The fraction of sp³-hybridized carbons (Fsp3) is 0.444. The van der Waals surface area contributed by atoms with Crippen molar-refractivity contribution in [1.29, 1.82) is 0 Å². The molecular weight excluding hydrogens is 325 g/mol. The number of thiazole rings is 1. The smallest absolute Gasteiger partial charge is 0.316 e. The lowest BCUT2D eigenvalue weighted by Crippen LogP contribution is -2.44. The van der Waals surface area contributed by atoms with Gasteiger partial charge in [-0.3, -0.25) is 0 Å². The normalized spacial score (nSPS) is 19.6. The lowest BCUT2D eigenvalue weighted by Gasteiger charge is -2.22. The van der Waals surface area contributed by atoms with Gasteiger partial charge in [-0.25, -0.2) is 14.2 Å². The Morgan fingerprint density at radius 2 is 2.12 bits per heavy atom. The molecule has 1 atom stereocenters. The van der Waals surface area contributed by atoms with Gasteiger partial charge >= 0.3 is 6.03 Å². The summed E-state index contributed by atoms with van der Waals surface area (Å²) >= 11 is 1.59. The van der Waals surface area contributed by atoms with E-state index in [0.29, 0.717) is 11.5 Å². The van der Waals surface area contributed by atoms with Crippen LogP contribution in [0.1, 0.15) is 48.0 Å². The lowest BCUT2D eigenvalue weighted by molar-refractivity contribution is 0.230. The Kier molecular flexibility index (Phi) is 3.79. The molecule has 0 saturated heterocycles. The number of hydrogen-bond acceptors (Lipinski definition) is 3. The van der Waals surface area contributed by atoms with Gasteiger partial charge in [-0.2, -0.15) is 0 Å². The van der Waals surface area contributed by atoms with Gasteiger partial charge in [0.05, 0.1) is 11.6 Å². The van der Waals surface area contributed by atoms with Crippen LogP contribution in [0.5, 0.6) is 0 Å². The number of benzene rings is 1. The van der Waals surface area contributed by atoms with Gasteiger partial charge in [0, 0.05) is 16.6 Å². The first kappa shape index (κ1) is 15.6. The van der Waals surface area contributed by atoms with Gasteiger partial charge in [0.2, 0.25) is 0 Å². The summed E-state index contributed by atoms with van der Waals surface area (Å²) in [7, 11) is 0. The van der Waals surface area contributed by atoms with Gasteiger partial charge < -0.3 is 10.6 Å². The number of carbonyl (C=O) groups excluding carboxylic acids is 1. The highest BCUT2D eigenvalue weighted by molar-refractivity contribution is 7.09. The van der Waals surface area contributed by atoms with Crippen molar-refractivity contribution in [3.8, 4) is 0 Å². The summed E-state index contributed by atoms with van der Waals surface area (Å²) < 4.78 is 14.1. The molecule has 2 saturated carbocycles. The summed E-state index contributed by atoms with van der Waals surface area (Å²) in [5.74, 6) is 0.203. The van der Waals surface area contributed by atoms with E-state index in [4.69, 9.17) is 0 Å². The third kappa shape index (κ3) is 3.02. The van der Waals surface area contributed by atoms with Crippen LogP contribution < -0.4 is 10.6 Å². The van der Waals surface area contributed by atoms with Gasteiger partial charge in [0.1, 0.15) is 10.8 Å². The van der Waals surface area contributed by atoms with E-state index in [2.05, 4.69) is 15.6 Å². The lowest BCUT2D eigenvalue weighted by atomic mass is 10.0. The molecule has 2 aliphatic carbocycles. The zero-order valence-corrected chi connectivity index (χ0v) is 14.3. The van der Waals surface area contributed by atoms with Crippen molar-refractivity contribution in [2.45, 2.75) is 44.2 Å². The third-order valence-electron chi connectivity index (χ3n) is 4.78. The van der Waals surface area contributed by atoms with Gasteiger partial charge in [-0.1, -0.05) is 18.2 Å². The maximum absolute atomic E-state index is 14.1. The number of nitrogens with one attached hydrogen (secondary N) is 2. The number of aromatic nitrogens is 1. The molecule has 2 fully saturated rings. The summed E-state index contributed by atoms with van der Waals surface area (Å²) in [6.07, 6.45) is 3.77. The predicted octanol–water partition coefficient (Wildman–Crippen LogP) is 4.03. The van der Waals surface area contributed by atoms with Crippen LogP contribution in [0.25, 0.3) is 0 Å². The Bertz CT molecular complexity index is 767. The minimum atomic E-state index is -0.553. The number of carbonyl (C=O) groups is 1. The second-order valence-electron chi connectivity index (χ2n) is 6.80. The van der Waals surface area contributed by atoms with Crippen LogP contribution in [0.2, 0.25) is 0 Å². The van der Waals surface area contributed by atoms with Crippen molar-refractivity contribution in [2.75, 3.05) is 0 Å². The third-order valence-corrected chi connectivity index (χ3v) is 5.82. The Hall–Kier alpha value is -1.95. The van der Waals surface area contributed by atoms with E-state index in [-0.39, 0.29) is 17.9 Å². The molecule has 126 valence electrons. The maximum Gasteiger partial charge on any atom is 0.316 e. The number of nitrogens with zero attached hydrogens (tertiary/aromatic N) is 1. The zero-order chi connectivity index (χ0) is 16.7. The fourth-order valence-corrected chi connectivity index (χ4v) is 4.10. The van der Waals surface area contributed by atoms with E-state index in [1.807, 2.05) is 18.4 Å². The first-order valence-electron chi connectivity index (χ1n) is 8.33. The van der Waals surface area contributed by atoms with Gasteiger partial charge in [0.15, 0.2) is 0 Å². The monoisotopic (exact) mass is 345 g/mol. The summed E-state index contributed by atoms with van der Waals surface area (Å²) in [5, 5.41) is 9.04. The summed E-state index contributed by atoms with van der Waals surface area (Å²) in [6, 6.07) is 6.40. The van der Waals surface area contributed by atoms with E-state index >= 15 is 0 Å². The standard InChI is InChI=1S/C18H20FN3OS/c1-11-10-24-16(20-11)15(12-6-7-12)21-17(23)22-18(8-9-18)13-4-2-3-5-14(13)19/h2-5,10,12,15H,6-9H2,1H3,(H2,21,22,23)/t15-/m0/s1. The molecule has 1 heterocycles. The predicted molar refractivity (Wildman–Crippen MR) is 91.3 cm³/mol. The molecule has 1 aromatic carbocycles. The van der Waals surface area contributed by atoms with E-state index in [1.54, 1.807) is 23.5 Å². The van der Waals surface area contributed by atoms with Crippen LogP contribution in [0, 0.1) is 18.7 Å². The molecule has 0 spiro atoms. The molecule has 6 heteroatoms. The second-order valence-corrected chi connectivity index (χ2v) is 7.69. The molecule has 0 aliphatic heterocycles. The van der Waals surface area contributed by atoms with E-state index in [1.165, 1.54) is 6.07 Å². The average molecular weight is 345 g/mol. The largest absolute Gasteiger partial charge is 0.329 e. The van der Waals surface area contributed by atoms with Crippen molar-refractivity contribution in [2.24, 2.45) is 5.92 Å². The van der Waals surface area contributed by atoms with Crippen molar-refractivity contribution in [1.82, 2.24) is 15.6 Å². The first-order chi connectivity index (χ1) is 11.6. The van der Waals surface area contributed by atoms with Gasteiger partial charge in [-0.15, -0.1) is 11.3 Å². The molecule has 2 N–H and O–H groups in total. The van der Waals surface area contributed by atoms with Crippen LogP contribution in [-0.2, 0) is 5.54 Å². The molecule has 0 radical (unpaired) electrons. The quantitative estimate of drug-likeness (QED) is 0.859. The highest BCUT2D eigenvalue weighted by Gasteiger charge is 2.48. The number of rotatable bonds is 5. The van der Waals surface area contributed by atoms with Crippen molar-refractivity contribution in [3.63, 3.8) is 0 Å². The summed E-state index contributed by atoms with van der Waals surface area (Å²) in [4.78, 5) is 17.1. The molecule has 0 unspecified atom stereocenters. The number of amides is 2. The van der Waals surface area contributed by atoms with Crippen molar-refractivity contribution < 1.29 is 9.18 Å². The van der Waals surface area contributed by atoms with Gasteiger partial charge in [0.25, 0.3) is 0 Å². The maximum atomic E-state index is 14.1. The zero-order valence-electron chi connectivity index (χ0n) is 13.5. The van der Waals surface area contributed by atoms with Crippen LogP contribution in [0.3, 0.4) is 0 Å². The Labute approximate surface area is 144 Å². The van der Waals surface area contributed by atoms with E-state index in [0.717, 1.165) is 36.4 Å². The van der Waals surface area contributed by atoms with Crippen LogP contribution in [0.4, 0.5) is 9.18 Å². The molecular formula is C18H20FN3OS. The van der Waals surface area contributed by atoms with Crippen LogP contribution in [-0.4, -0.2) is 11.0 Å². The first-order valence-corrected chi connectivity index (χ1v) is 9.21. The molecule has 4 nitrogen and oxygen atoms in total. The summed E-state index contributed by atoms with van der Waals surface area (Å²) in [5.41, 5.74) is 1.00. The fourth-order valence-electron chi connectivity index (χ4n) is 3.16. The van der Waals surface area contributed by atoms with Gasteiger partial charge in [-0.05, 0) is 44.6 Å².